The summed E-state index contributed by atoms with van der Waals surface area (Å²) in [6.07, 6.45) is 3.57. The molecule has 1 atom stereocenters. The van der Waals surface area contributed by atoms with Gasteiger partial charge in [0.15, 0.2) is 11.5 Å². The summed E-state index contributed by atoms with van der Waals surface area (Å²) in [4.78, 5) is 16.5. The summed E-state index contributed by atoms with van der Waals surface area (Å²) in [6.45, 7) is 1.33. The maximum atomic E-state index is 12.3. The number of para-hydroxylation sites is 2. The molecule has 1 N–H and O–H groups in total. The van der Waals surface area contributed by atoms with Crippen molar-refractivity contribution in [1.29, 1.82) is 0 Å². The predicted octanol–water partition coefficient (Wildman–Crippen LogP) is 2.33. The first-order valence-electron chi connectivity index (χ1n) is 8.52. The van der Waals surface area contributed by atoms with Crippen LogP contribution in [0.15, 0.2) is 42.6 Å². The molecule has 4 rings (SSSR count). The van der Waals surface area contributed by atoms with Crippen molar-refractivity contribution in [2.75, 3.05) is 13.2 Å². The molecule has 1 aliphatic heterocycles. The second kappa shape index (κ2) is 7.01. The van der Waals surface area contributed by atoms with Crippen molar-refractivity contribution in [3.8, 4) is 17.4 Å². The van der Waals surface area contributed by atoms with Gasteiger partial charge < -0.3 is 19.5 Å². The SMILES string of the molecule is O=C(NCc1ccc(OCC2CC2)nc1)[C@@H]1COc2ccccc2O1. The summed E-state index contributed by atoms with van der Waals surface area (Å²) in [5.41, 5.74) is 0.907. The maximum Gasteiger partial charge on any atom is 0.264 e. The van der Waals surface area contributed by atoms with Crippen LogP contribution in [0, 0.1) is 5.92 Å². The van der Waals surface area contributed by atoms with Gasteiger partial charge in [-0.3, -0.25) is 4.79 Å². The van der Waals surface area contributed by atoms with Gasteiger partial charge in [0, 0.05) is 18.8 Å². The van der Waals surface area contributed by atoms with Crippen molar-refractivity contribution < 1.29 is 19.0 Å². The third kappa shape index (κ3) is 4.02. The van der Waals surface area contributed by atoms with Gasteiger partial charge in [-0.25, -0.2) is 4.98 Å². The predicted molar refractivity (Wildman–Crippen MR) is 90.7 cm³/mol. The smallest absolute Gasteiger partial charge is 0.264 e. The zero-order valence-corrected chi connectivity index (χ0v) is 13.8. The highest BCUT2D eigenvalue weighted by Crippen LogP contribution is 2.31. The minimum absolute atomic E-state index is 0.203. The molecule has 1 fully saturated rings. The molecule has 25 heavy (non-hydrogen) atoms. The molecule has 2 aromatic rings. The standard InChI is InChI=1S/C19H20N2O4/c22-19(17-12-23-15-3-1-2-4-16(15)25-17)21-10-14-7-8-18(20-9-14)24-11-13-5-6-13/h1-4,7-9,13,17H,5-6,10-12H2,(H,21,22)/t17-/m0/s1. The van der Waals surface area contributed by atoms with Crippen LogP contribution in [-0.2, 0) is 11.3 Å². The van der Waals surface area contributed by atoms with E-state index in [2.05, 4.69) is 10.3 Å². The van der Waals surface area contributed by atoms with E-state index in [9.17, 15) is 4.79 Å². The van der Waals surface area contributed by atoms with E-state index in [0.717, 1.165) is 12.2 Å². The first kappa shape index (κ1) is 15.7. The fourth-order valence-electron chi connectivity index (χ4n) is 2.54. The number of pyridine rings is 1. The van der Waals surface area contributed by atoms with E-state index in [4.69, 9.17) is 14.2 Å². The number of carbonyl (C=O) groups is 1. The lowest BCUT2D eigenvalue weighted by molar-refractivity contribution is -0.130. The van der Waals surface area contributed by atoms with Gasteiger partial charge in [0.2, 0.25) is 12.0 Å². The van der Waals surface area contributed by atoms with Gasteiger partial charge in [-0.2, -0.15) is 0 Å². The lowest BCUT2D eigenvalue weighted by Crippen LogP contribution is -2.43. The van der Waals surface area contributed by atoms with Crippen molar-refractivity contribution in [3.05, 3.63) is 48.2 Å². The maximum absolute atomic E-state index is 12.3. The van der Waals surface area contributed by atoms with Crippen molar-refractivity contribution >= 4 is 5.91 Å². The van der Waals surface area contributed by atoms with Crippen molar-refractivity contribution in [3.63, 3.8) is 0 Å². The van der Waals surface area contributed by atoms with E-state index in [1.165, 1.54) is 12.8 Å². The fraction of sp³-hybridized carbons (Fsp3) is 0.368. The second-order valence-corrected chi connectivity index (χ2v) is 6.34. The summed E-state index contributed by atoms with van der Waals surface area (Å²) in [7, 11) is 0. The van der Waals surface area contributed by atoms with Crippen LogP contribution in [0.5, 0.6) is 17.4 Å². The highest BCUT2D eigenvalue weighted by Gasteiger charge is 2.27. The highest BCUT2D eigenvalue weighted by atomic mass is 16.6. The number of nitrogens with one attached hydrogen (secondary N) is 1. The molecule has 1 saturated carbocycles. The molecule has 0 spiro atoms. The number of carbonyl (C=O) groups excluding carboxylic acids is 1. The quantitative estimate of drug-likeness (QED) is 0.874. The molecule has 6 nitrogen and oxygen atoms in total. The summed E-state index contributed by atoms with van der Waals surface area (Å²) < 4.78 is 16.9. The van der Waals surface area contributed by atoms with Crippen LogP contribution in [-0.4, -0.2) is 30.2 Å². The van der Waals surface area contributed by atoms with Crippen LogP contribution in [0.1, 0.15) is 18.4 Å². The Bertz CT molecular complexity index is 743. The number of amides is 1. The zero-order chi connectivity index (χ0) is 17.1. The lowest BCUT2D eigenvalue weighted by Gasteiger charge is -2.25. The van der Waals surface area contributed by atoms with E-state index in [1.54, 1.807) is 12.3 Å². The lowest BCUT2D eigenvalue weighted by atomic mass is 10.2. The monoisotopic (exact) mass is 340 g/mol. The summed E-state index contributed by atoms with van der Waals surface area (Å²) in [5, 5.41) is 2.85. The Morgan fingerprint density at radius 1 is 1.20 bits per heavy atom. The zero-order valence-electron chi connectivity index (χ0n) is 13.8. The Hall–Kier alpha value is -2.76. The third-order valence-corrected chi connectivity index (χ3v) is 4.23. The van der Waals surface area contributed by atoms with E-state index in [0.29, 0.717) is 29.8 Å². The average molecular weight is 340 g/mol. The number of hydrogen-bond donors (Lipinski definition) is 1. The van der Waals surface area contributed by atoms with Crippen LogP contribution in [0.3, 0.4) is 0 Å². The molecular weight excluding hydrogens is 320 g/mol. The highest BCUT2D eigenvalue weighted by molar-refractivity contribution is 5.81. The minimum Gasteiger partial charge on any atom is -0.485 e. The fourth-order valence-corrected chi connectivity index (χ4v) is 2.54. The largest absolute Gasteiger partial charge is 0.485 e. The number of benzene rings is 1. The van der Waals surface area contributed by atoms with E-state index < -0.39 is 6.10 Å². The Balaban J connectivity index is 1.27. The molecule has 0 bridgehead atoms. The van der Waals surface area contributed by atoms with Gasteiger partial charge >= 0.3 is 0 Å². The summed E-state index contributed by atoms with van der Waals surface area (Å²) >= 11 is 0. The first-order valence-corrected chi connectivity index (χ1v) is 8.52. The van der Waals surface area contributed by atoms with Crippen molar-refractivity contribution in [2.24, 2.45) is 5.92 Å². The Kier molecular flexibility index (Phi) is 4.41. The average Bonchev–Trinajstić information content (AvgIpc) is 3.49. The number of rotatable bonds is 6. The first-order chi connectivity index (χ1) is 12.3. The van der Waals surface area contributed by atoms with Gasteiger partial charge in [-0.15, -0.1) is 0 Å². The normalized spacial score (nSPS) is 18.5. The van der Waals surface area contributed by atoms with Gasteiger partial charge in [-0.05, 0) is 36.5 Å². The van der Waals surface area contributed by atoms with Crippen LogP contribution < -0.4 is 19.5 Å². The van der Waals surface area contributed by atoms with Gasteiger partial charge in [0.25, 0.3) is 5.91 Å². The summed E-state index contributed by atoms with van der Waals surface area (Å²) in [5.74, 6) is 2.38. The van der Waals surface area contributed by atoms with Crippen LogP contribution in [0.4, 0.5) is 0 Å². The number of ether oxygens (including phenoxy) is 3. The molecule has 0 radical (unpaired) electrons. The molecule has 1 aromatic heterocycles. The number of aromatic nitrogens is 1. The molecule has 1 aromatic carbocycles. The molecule has 0 saturated heterocycles. The number of hydrogen-bond acceptors (Lipinski definition) is 5. The van der Waals surface area contributed by atoms with Crippen molar-refractivity contribution in [2.45, 2.75) is 25.5 Å². The minimum atomic E-state index is -0.649. The Morgan fingerprint density at radius 3 is 2.80 bits per heavy atom. The van der Waals surface area contributed by atoms with Crippen LogP contribution >= 0.6 is 0 Å². The van der Waals surface area contributed by atoms with E-state index in [-0.39, 0.29) is 12.5 Å². The Morgan fingerprint density at radius 2 is 2.04 bits per heavy atom. The number of fused-ring (bicyclic) bond motifs is 1. The Labute approximate surface area is 146 Å². The second-order valence-electron chi connectivity index (χ2n) is 6.34. The molecule has 1 aliphatic carbocycles. The molecule has 130 valence electrons. The number of nitrogens with zero attached hydrogens (tertiary/aromatic N) is 1. The van der Waals surface area contributed by atoms with E-state index in [1.807, 2.05) is 30.3 Å². The van der Waals surface area contributed by atoms with E-state index >= 15 is 0 Å². The molecule has 0 unspecified atom stereocenters. The summed E-state index contributed by atoms with van der Waals surface area (Å²) in [6, 6.07) is 11.1. The van der Waals surface area contributed by atoms with Crippen molar-refractivity contribution in [1.82, 2.24) is 10.3 Å². The van der Waals surface area contributed by atoms with Gasteiger partial charge in [0.05, 0.1) is 6.61 Å². The van der Waals surface area contributed by atoms with Crippen LogP contribution in [0.2, 0.25) is 0 Å². The molecule has 1 amide bonds. The van der Waals surface area contributed by atoms with Crippen LogP contribution in [0.25, 0.3) is 0 Å². The van der Waals surface area contributed by atoms with Gasteiger partial charge in [0.1, 0.15) is 6.61 Å². The molecule has 6 heteroatoms. The molecular formula is C19H20N2O4. The van der Waals surface area contributed by atoms with Gasteiger partial charge in [-0.1, -0.05) is 18.2 Å². The molecule has 2 heterocycles. The third-order valence-electron chi connectivity index (χ3n) is 4.23. The topological polar surface area (TPSA) is 69.7 Å². The molecule has 2 aliphatic rings.